The fourth-order valence-corrected chi connectivity index (χ4v) is 10.1. The topological polar surface area (TPSA) is 3.24 Å². The lowest BCUT2D eigenvalue weighted by Crippen LogP contribution is -2.28. The first-order valence-corrected chi connectivity index (χ1v) is 20.7. The Bertz CT molecular complexity index is 2940. The van der Waals surface area contributed by atoms with E-state index in [1.807, 2.05) is 0 Å². The van der Waals surface area contributed by atoms with Gasteiger partial charge in [-0.25, -0.2) is 0 Å². The Balaban J connectivity index is 0.970. The lowest BCUT2D eigenvalue weighted by Gasteiger charge is -2.35. The number of anilines is 3. The molecule has 2 aliphatic carbocycles. The highest BCUT2D eigenvalue weighted by molar-refractivity contribution is 5.90. The van der Waals surface area contributed by atoms with Crippen molar-refractivity contribution in [3.8, 4) is 44.5 Å². The molecule has 59 heavy (non-hydrogen) atoms. The minimum absolute atomic E-state index is 0.0189. The summed E-state index contributed by atoms with van der Waals surface area (Å²) in [6.45, 7) is 4.69. The first-order chi connectivity index (χ1) is 29.0. The van der Waals surface area contributed by atoms with E-state index in [2.05, 4.69) is 243 Å². The Morgan fingerprint density at radius 2 is 0.695 bits per heavy atom. The standard InChI is InChI=1S/C58H43N/c1-57(2)53-24-14-12-22-49(53)51-36-32-43(38-55(51)57)42-28-26-40(27-29-42)41-30-33-47(34-31-41)59(46-20-10-5-11-21-46)48-35-37-52-50-23-13-15-25-54(50)58(56(52)39-48,44-16-6-3-7-17-44)45-18-8-4-9-19-45/h3-39H,1-2H3. The fraction of sp³-hybridized carbons (Fsp3) is 0.0690. The number of hydrogen-bond acceptors (Lipinski definition) is 1. The maximum absolute atomic E-state index is 2.44. The van der Waals surface area contributed by atoms with Crippen molar-refractivity contribution in [3.05, 3.63) is 258 Å². The average Bonchev–Trinajstić information content (AvgIpc) is 3.73. The van der Waals surface area contributed by atoms with Crippen LogP contribution in [0, 0.1) is 0 Å². The highest BCUT2D eigenvalue weighted by atomic mass is 15.1. The van der Waals surface area contributed by atoms with E-state index >= 15 is 0 Å². The van der Waals surface area contributed by atoms with Gasteiger partial charge in [-0.2, -0.15) is 0 Å². The summed E-state index contributed by atoms with van der Waals surface area (Å²) in [5.41, 5.74) is 21.0. The van der Waals surface area contributed by atoms with E-state index < -0.39 is 5.41 Å². The zero-order valence-electron chi connectivity index (χ0n) is 33.3. The van der Waals surface area contributed by atoms with Crippen molar-refractivity contribution < 1.29 is 0 Å². The summed E-state index contributed by atoms with van der Waals surface area (Å²) in [6, 6.07) is 82.8. The Hall–Kier alpha value is -7.22. The number of hydrogen-bond donors (Lipinski definition) is 0. The maximum Gasteiger partial charge on any atom is 0.0714 e. The van der Waals surface area contributed by atoms with Gasteiger partial charge in [0.1, 0.15) is 0 Å². The highest BCUT2D eigenvalue weighted by Gasteiger charge is 2.46. The predicted molar refractivity (Wildman–Crippen MR) is 247 cm³/mol. The van der Waals surface area contributed by atoms with Gasteiger partial charge in [-0.05, 0) is 120 Å². The Morgan fingerprint density at radius 1 is 0.288 bits per heavy atom. The minimum atomic E-state index is -0.468. The van der Waals surface area contributed by atoms with Crippen LogP contribution in [0.1, 0.15) is 47.2 Å². The Labute approximate surface area is 347 Å². The van der Waals surface area contributed by atoms with E-state index in [1.54, 1.807) is 0 Å². The number of para-hydroxylation sites is 1. The fourth-order valence-electron chi connectivity index (χ4n) is 10.1. The zero-order valence-corrected chi connectivity index (χ0v) is 33.3. The van der Waals surface area contributed by atoms with Crippen molar-refractivity contribution in [3.63, 3.8) is 0 Å². The number of fused-ring (bicyclic) bond motifs is 6. The van der Waals surface area contributed by atoms with Crippen molar-refractivity contribution in [1.29, 1.82) is 0 Å². The van der Waals surface area contributed by atoms with Gasteiger partial charge in [-0.1, -0.05) is 196 Å². The van der Waals surface area contributed by atoms with Crippen LogP contribution in [-0.2, 0) is 10.8 Å². The van der Waals surface area contributed by atoms with Gasteiger partial charge in [0.25, 0.3) is 0 Å². The highest BCUT2D eigenvalue weighted by Crippen LogP contribution is 2.57. The molecule has 0 aromatic heterocycles. The van der Waals surface area contributed by atoms with Crippen molar-refractivity contribution >= 4 is 17.1 Å². The van der Waals surface area contributed by atoms with Gasteiger partial charge >= 0.3 is 0 Å². The minimum Gasteiger partial charge on any atom is -0.310 e. The van der Waals surface area contributed by atoms with E-state index in [4.69, 9.17) is 0 Å². The Morgan fingerprint density at radius 3 is 1.32 bits per heavy atom. The molecule has 11 rings (SSSR count). The van der Waals surface area contributed by atoms with Gasteiger partial charge in [-0.15, -0.1) is 0 Å². The lowest BCUT2D eigenvalue weighted by molar-refractivity contribution is 0.660. The molecule has 0 bridgehead atoms. The van der Waals surface area contributed by atoms with Crippen LogP contribution >= 0.6 is 0 Å². The predicted octanol–water partition coefficient (Wildman–Crippen LogP) is 15.2. The molecule has 0 N–H and O–H groups in total. The van der Waals surface area contributed by atoms with E-state index in [0.29, 0.717) is 0 Å². The third kappa shape index (κ3) is 5.46. The summed E-state index contributed by atoms with van der Waals surface area (Å²) in [6.07, 6.45) is 0. The van der Waals surface area contributed by atoms with Crippen LogP contribution in [0.3, 0.4) is 0 Å². The molecular formula is C58H43N. The number of nitrogens with zero attached hydrogens (tertiary/aromatic N) is 1. The lowest BCUT2D eigenvalue weighted by atomic mass is 9.67. The number of rotatable bonds is 7. The van der Waals surface area contributed by atoms with E-state index in [9.17, 15) is 0 Å². The molecule has 0 fully saturated rings. The first-order valence-electron chi connectivity index (χ1n) is 20.7. The molecule has 0 heterocycles. The molecule has 0 unspecified atom stereocenters. The molecule has 0 radical (unpaired) electrons. The molecule has 280 valence electrons. The van der Waals surface area contributed by atoms with Gasteiger partial charge < -0.3 is 4.90 Å². The molecule has 0 amide bonds. The van der Waals surface area contributed by atoms with Crippen LogP contribution < -0.4 is 4.90 Å². The van der Waals surface area contributed by atoms with Crippen LogP contribution in [-0.4, -0.2) is 0 Å². The third-order valence-corrected chi connectivity index (χ3v) is 13.0. The number of benzene rings is 9. The van der Waals surface area contributed by atoms with E-state index in [-0.39, 0.29) is 5.41 Å². The third-order valence-electron chi connectivity index (χ3n) is 13.0. The summed E-state index contributed by atoms with van der Waals surface area (Å²) in [7, 11) is 0. The largest absolute Gasteiger partial charge is 0.310 e. The second-order valence-electron chi connectivity index (χ2n) is 16.5. The quantitative estimate of drug-likeness (QED) is 0.157. The smallest absolute Gasteiger partial charge is 0.0714 e. The van der Waals surface area contributed by atoms with Crippen LogP contribution in [0.4, 0.5) is 17.1 Å². The average molecular weight is 754 g/mol. The van der Waals surface area contributed by atoms with Crippen LogP contribution in [0.2, 0.25) is 0 Å². The Kier molecular flexibility index (Phi) is 8.13. The molecule has 0 atom stereocenters. The second kappa shape index (κ2) is 13.7. The van der Waals surface area contributed by atoms with Gasteiger partial charge in [0.05, 0.1) is 5.41 Å². The van der Waals surface area contributed by atoms with Gasteiger partial charge in [0, 0.05) is 22.5 Å². The molecule has 0 saturated carbocycles. The molecule has 9 aromatic carbocycles. The van der Waals surface area contributed by atoms with Crippen LogP contribution in [0.5, 0.6) is 0 Å². The summed E-state index contributed by atoms with van der Waals surface area (Å²) < 4.78 is 0. The molecule has 9 aromatic rings. The van der Waals surface area contributed by atoms with Crippen molar-refractivity contribution in [1.82, 2.24) is 0 Å². The summed E-state index contributed by atoms with van der Waals surface area (Å²) >= 11 is 0. The van der Waals surface area contributed by atoms with Gasteiger partial charge in [-0.3, -0.25) is 0 Å². The van der Waals surface area contributed by atoms with Crippen molar-refractivity contribution in [2.24, 2.45) is 0 Å². The summed E-state index contributed by atoms with van der Waals surface area (Å²) in [4.78, 5) is 2.39. The second-order valence-corrected chi connectivity index (χ2v) is 16.5. The molecule has 1 nitrogen and oxygen atoms in total. The zero-order chi connectivity index (χ0) is 39.6. The molecule has 1 heteroatoms. The van der Waals surface area contributed by atoms with E-state index in [1.165, 1.54) is 77.9 Å². The molecule has 2 aliphatic rings. The molecular weight excluding hydrogens is 711 g/mol. The SMILES string of the molecule is CC1(C)c2ccccc2-c2ccc(-c3ccc(-c4ccc(N(c5ccccc5)c5ccc6c(c5)C(c5ccccc5)(c5ccccc5)c5ccccc5-6)cc4)cc3)cc21. The van der Waals surface area contributed by atoms with Crippen LogP contribution in [0.15, 0.2) is 224 Å². The molecule has 0 spiro atoms. The monoisotopic (exact) mass is 753 g/mol. The summed E-state index contributed by atoms with van der Waals surface area (Å²) in [5.74, 6) is 0. The van der Waals surface area contributed by atoms with Crippen molar-refractivity contribution in [2.45, 2.75) is 24.7 Å². The van der Waals surface area contributed by atoms with Crippen molar-refractivity contribution in [2.75, 3.05) is 4.90 Å². The molecule has 0 aliphatic heterocycles. The van der Waals surface area contributed by atoms with Crippen LogP contribution in [0.25, 0.3) is 44.5 Å². The first kappa shape index (κ1) is 35.0. The normalized spacial score (nSPS) is 13.9. The molecule has 0 saturated heterocycles. The van der Waals surface area contributed by atoms with Gasteiger partial charge in [0.2, 0.25) is 0 Å². The summed E-state index contributed by atoms with van der Waals surface area (Å²) in [5, 5.41) is 0. The maximum atomic E-state index is 2.44. The van der Waals surface area contributed by atoms with Gasteiger partial charge in [0.15, 0.2) is 0 Å². The van der Waals surface area contributed by atoms with E-state index in [0.717, 1.165) is 17.1 Å².